The molecule has 0 rings (SSSR count). The van der Waals surface area contributed by atoms with Crippen LogP contribution in [-0.4, -0.2) is 16.5 Å². The van der Waals surface area contributed by atoms with Gasteiger partial charge in [0.1, 0.15) is 16.5 Å². The van der Waals surface area contributed by atoms with Crippen molar-refractivity contribution in [3.05, 3.63) is 0 Å². The topological polar surface area (TPSA) is 12.0 Å². The van der Waals surface area contributed by atoms with Crippen molar-refractivity contribution in [2.24, 2.45) is 0 Å². The Morgan fingerprint density at radius 2 is 0.613 bits per heavy atom. The molecule has 0 bridgehead atoms. The first-order valence-corrected chi connectivity index (χ1v) is 20.1. The Morgan fingerprint density at radius 3 is 0.871 bits per heavy atom. The van der Waals surface area contributed by atoms with E-state index in [1.807, 2.05) is 0 Å². The minimum atomic E-state index is -1.28. The summed E-state index contributed by atoms with van der Waals surface area (Å²) in [5, 5.41) is 0. The van der Waals surface area contributed by atoms with Gasteiger partial charge in [-0.1, -0.05) is 144 Å². The van der Waals surface area contributed by atoms with Crippen LogP contribution in [0.5, 0.6) is 0 Å². The van der Waals surface area contributed by atoms with Crippen LogP contribution in [0.25, 0.3) is 0 Å². The minimum absolute atomic E-state index is 1.28. The van der Waals surface area contributed by atoms with Gasteiger partial charge in [0.05, 0.1) is 0 Å². The van der Waals surface area contributed by atoms with Crippen LogP contribution in [0.2, 0.25) is 36.3 Å². The Balaban J connectivity index is 4.43. The fraction of sp³-hybridized carbons (Fsp3) is 1.00. The van der Waals surface area contributed by atoms with Crippen molar-refractivity contribution in [1.29, 1.82) is 0 Å². The molecule has 0 unspecified atom stereocenters. The highest BCUT2D eigenvalue weighted by Gasteiger charge is 2.38. The summed E-state index contributed by atoms with van der Waals surface area (Å²) in [7, 11) is -2.56. The summed E-state index contributed by atoms with van der Waals surface area (Å²) >= 11 is 0. The van der Waals surface area contributed by atoms with Gasteiger partial charge in [-0.15, -0.1) is 0 Å². The molecule has 0 heterocycles. The molecule has 0 saturated carbocycles. The molecule has 0 fully saturated rings. The number of unbranched alkanes of at least 4 members (excludes halogenated alkanes) is 14. The van der Waals surface area contributed by atoms with Gasteiger partial charge >= 0.3 is 0 Å². The molecule has 1 nitrogen and oxygen atoms in total. The smallest absolute Gasteiger partial charge is 0.118 e. The lowest BCUT2D eigenvalue weighted by Crippen LogP contribution is -2.63. The second-order valence-corrected chi connectivity index (χ2v) is 20.5. The summed E-state index contributed by atoms with van der Waals surface area (Å²) in [6, 6.07) is 8.89. The second-order valence-electron chi connectivity index (χ2n) is 10.5. The summed E-state index contributed by atoms with van der Waals surface area (Å²) in [4.78, 5) is 0. The zero-order valence-corrected chi connectivity index (χ0v) is 25.1. The number of nitrogens with one attached hydrogen (secondary N) is 1. The van der Waals surface area contributed by atoms with Crippen LogP contribution < -0.4 is 4.65 Å². The van der Waals surface area contributed by atoms with Crippen molar-refractivity contribution >= 4 is 16.5 Å². The fourth-order valence-electron chi connectivity index (χ4n) is 5.44. The highest BCUT2D eigenvalue weighted by atomic mass is 28.4. The lowest BCUT2D eigenvalue weighted by molar-refractivity contribution is 0.582. The molecule has 0 amide bonds. The fourth-order valence-corrected chi connectivity index (χ4v) is 18.0. The molecule has 188 valence electrons. The Labute approximate surface area is 201 Å². The van der Waals surface area contributed by atoms with E-state index in [0.717, 1.165) is 0 Å². The van der Waals surface area contributed by atoms with Gasteiger partial charge in [0.15, 0.2) is 0 Å². The zero-order valence-electron chi connectivity index (χ0n) is 23.1. The van der Waals surface area contributed by atoms with Crippen LogP contribution in [0.4, 0.5) is 0 Å². The quantitative estimate of drug-likeness (QED) is 0.109. The maximum absolute atomic E-state index is 4.60. The van der Waals surface area contributed by atoms with E-state index in [1.165, 1.54) is 127 Å². The zero-order chi connectivity index (χ0) is 23.3. The van der Waals surface area contributed by atoms with Gasteiger partial charge in [-0.25, -0.2) is 0 Å². The van der Waals surface area contributed by atoms with E-state index < -0.39 is 16.5 Å². The summed E-state index contributed by atoms with van der Waals surface area (Å²) in [5.74, 6) is 0. The van der Waals surface area contributed by atoms with Gasteiger partial charge in [-0.2, -0.15) is 0 Å². The van der Waals surface area contributed by atoms with Gasteiger partial charge in [-0.3, -0.25) is 0 Å². The van der Waals surface area contributed by atoms with E-state index in [2.05, 4.69) is 46.2 Å². The van der Waals surface area contributed by atoms with Crippen molar-refractivity contribution in [1.82, 2.24) is 4.65 Å². The molecule has 0 spiro atoms. The van der Waals surface area contributed by atoms with Crippen LogP contribution in [0.1, 0.15) is 144 Å². The summed E-state index contributed by atoms with van der Waals surface area (Å²) in [6.45, 7) is 14.7. The van der Waals surface area contributed by atoms with Crippen LogP contribution in [0, 0.1) is 0 Å². The van der Waals surface area contributed by atoms with Crippen molar-refractivity contribution in [2.75, 3.05) is 0 Å². The third-order valence-electron chi connectivity index (χ3n) is 8.26. The summed E-state index contributed by atoms with van der Waals surface area (Å²) < 4.78 is 4.60. The molecule has 31 heavy (non-hydrogen) atoms. The molecule has 0 radical (unpaired) electrons. The normalized spacial score (nSPS) is 12.6. The SMILES string of the molecule is CCCCCCCCCC[Si](CC)(CC)N[Si](CC)(CC)CCCCCCCCCC. The van der Waals surface area contributed by atoms with E-state index in [4.69, 9.17) is 0 Å². The molecule has 0 aromatic carbocycles. The van der Waals surface area contributed by atoms with E-state index in [-0.39, 0.29) is 0 Å². The molecular formula is C28H63NSi2. The highest BCUT2D eigenvalue weighted by molar-refractivity contribution is 6.93. The number of hydrogen-bond acceptors (Lipinski definition) is 1. The average Bonchev–Trinajstić information content (AvgIpc) is 2.80. The van der Waals surface area contributed by atoms with Crippen molar-refractivity contribution < 1.29 is 0 Å². The Bertz CT molecular complexity index is 330. The first-order valence-electron chi connectivity index (χ1n) is 14.9. The van der Waals surface area contributed by atoms with E-state index in [1.54, 1.807) is 12.1 Å². The molecule has 0 atom stereocenters. The van der Waals surface area contributed by atoms with Gasteiger partial charge in [0.25, 0.3) is 0 Å². The van der Waals surface area contributed by atoms with Crippen molar-refractivity contribution in [2.45, 2.75) is 181 Å². The van der Waals surface area contributed by atoms with Crippen LogP contribution in [0.15, 0.2) is 0 Å². The Morgan fingerprint density at radius 1 is 0.355 bits per heavy atom. The molecule has 0 aromatic heterocycles. The highest BCUT2D eigenvalue weighted by Crippen LogP contribution is 2.29. The van der Waals surface area contributed by atoms with Gasteiger partial charge in [0.2, 0.25) is 0 Å². The van der Waals surface area contributed by atoms with E-state index >= 15 is 0 Å². The maximum atomic E-state index is 4.60. The van der Waals surface area contributed by atoms with Crippen molar-refractivity contribution in [3.8, 4) is 0 Å². The minimum Gasteiger partial charge on any atom is -0.359 e. The van der Waals surface area contributed by atoms with Crippen LogP contribution >= 0.6 is 0 Å². The largest absolute Gasteiger partial charge is 0.359 e. The molecule has 0 aliphatic heterocycles. The molecule has 1 N–H and O–H groups in total. The summed E-state index contributed by atoms with van der Waals surface area (Å²) in [6.07, 6.45) is 23.3. The monoisotopic (exact) mass is 469 g/mol. The molecular weight excluding hydrogens is 406 g/mol. The second kappa shape index (κ2) is 21.0. The Kier molecular flexibility index (Phi) is 21.2. The van der Waals surface area contributed by atoms with Crippen molar-refractivity contribution in [3.63, 3.8) is 0 Å². The lowest BCUT2D eigenvalue weighted by atomic mass is 10.1. The van der Waals surface area contributed by atoms with Gasteiger partial charge in [0, 0.05) is 0 Å². The predicted octanol–water partition coefficient (Wildman–Crippen LogP) is 10.8. The first-order chi connectivity index (χ1) is 15.1. The van der Waals surface area contributed by atoms with Gasteiger partial charge in [-0.05, 0) is 36.3 Å². The standard InChI is InChI=1S/C28H63NSi2/c1-7-13-15-17-19-21-23-25-27-30(9-3,10-4)29-31(11-5,12-6)28-26-24-22-20-18-16-14-8-2/h29H,7-28H2,1-6H3. The number of rotatable bonds is 24. The average molecular weight is 470 g/mol. The number of hydrogen-bond donors (Lipinski definition) is 1. The lowest BCUT2D eigenvalue weighted by Gasteiger charge is -2.42. The Hall–Kier alpha value is 0.394. The third-order valence-corrected chi connectivity index (χ3v) is 20.5. The molecule has 3 heteroatoms. The maximum Gasteiger partial charge on any atom is 0.118 e. The molecule has 0 aliphatic carbocycles. The predicted molar refractivity (Wildman–Crippen MR) is 151 cm³/mol. The van der Waals surface area contributed by atoms with Gasteiger partial charge < -0.3 is 4.65 Å². The third kappa shape index (κ3) is 15.0. The van der Waals surface area contributed by atoms with E-state index in [9.17, 15) is 0 Å². The molecule has 0 aromatic rings. The summed E-state index contributed by atoms with van der Waals surface area (Å²) in [5.41, 5.74) is 0. The molecule has 0 saturated heterocycles. The molecule has 0 aliphatic rings. The first kappa shape index (κ1) is 31.4. The van der Waals surface area contributed by atoms with Crippen LogP contribution in [-0.2, 0) is 0 Å². The van der Waals surface area contributed by atoms with E-state index in [0.29, 0.717) is 0 Å². The van der Waals surface area contributed by atoms with Crippen LogP contribution in [0.3, 0.4) is 0 Å².